The highest BCUT2D eigenvalue weighted by molar-refractivity contribution is 5.76. The first kappa shape index (κ1) is 75.8. The van der Waals surface area contributed by atoms with E-state index in [9.17, 15) is 61.0 Å². The predicted octanol–water partition coefficient (Wildman–Crippen LogP) is 7.72. The maximum atomic E-state index is 13.3. The zero-order valence-electron chi connectivity index (χ0n) is 51.4. The monoisotopic (exact) mass is 1190 g/mol. The lowest BCUT2D eigenvalue weighted by Gasteiger charge is -2.48. The van der Waals surface area contributed by atoms with E-state index < -0.39 is 124 Å². The highest BCUT2D eigenvalue weighted by Crippen LogP contribution is 2.33. The zero-order valence-corrected chi connectivity index (χ0v) is 51.4. The Kier molecular flexibility index (Phi) is 43.4. The van der Waals surface area contributed by atoms with Crippen LogP contribution in [0.4, 0.5) is 0 Å². The number of ether oxygens (including phenoxy) is 6. The second-order valence-corrected chi connectivity index (χ2v) is 24.3. The van der Waals surface area contributed by atoms with Crippen LogP contribution in [-0.4, -0.2) is 193 Å². The van der Waals surface area contributed by atoms with Gasteiger partial charge in [-0.25, -0.2) is 0 Å². The molecule has 0 bridgehead atoms. The average Bonchev–Trinajstić information content (AvgIpc) is 3.28. The van der Waals surface area contributed by atoms with Crippen molar-refractivity contribution in [1.82, 2.24) is 5.32 Å². The van der Waals surface area contributed by atoms with E-state index in [1.165, 1.54) is 154 Å². The molecule has 490 valence electrons. The zero-order chi connectivity index (χ0) is 60.5. The van der Waals surface area contributed by atoms with E-state index in [-0.39, 0.29) is 18.9 Å². The maximum absolute atomic E-state index is 13.3. The molecule has 1 amide bonds. The molecule has 17 unspecified atom stereocenters. The van der Waals surface area contributed by atoms with Gasteiger partial charge < -0.3 is 89.9 Å². The molecule has 0 radical (unpaired) electrons. The smallest absolute Gasteiger partial charge is 0.220 e. The summed E-state index contributed by atoms with van der Waals surface area (Å²) in [6.07, 6.45) is 23.3. The molecule has 3 aliphatic rings. The Hall–Kier alpha value is -1.47. The van der Waals surface area contributed by atoms with Gasteiger partial charge in [0.05, 0.1) is 38.6 Å². The number of hydrogen-bond donors (Lipinski definition) is 12. The van der Waals surface area contributed by atoms with E-state index in [0.717, 1.165) is 70.6 Å². The van der Waals surface area contributed by atoms with Crippen molar-refractivity contribution in [3.8, 4) is 0 Å². The predicted molar refractivity (Wildman–Crippen MR) is 319 cm³/mol. The minimum Gasteiger partial charge on any atom is -0.394 e. The first-order valence-corrected chi connectivity index (χ1v) is 33.4. The van der Waals surface area contributed by atoms with Crippen LogP contribution in [0, 0.1) is 0 Å². The summed E-state index contributed by atoms with van der Waals surface area (Å²) in [5.74, 6) is -0.252. The number of aliphatic hydroxyl groups excluding tert-OH is 11. The molecule has 17 atom stereocenters. The number of nitrogens with one attached hydrogen (secondary N) is 1. The molecule has 83 heavy (non-hydrogen) atoms. The van der Waals surface area contributed by atoms with Crippen LogP contribution < -0.4 is 5.32 Å². The first-order valence-electron chi connectivity index (χ1n) is 33.4. The lowest BCUT2D eigenvalue weighted by molar-refractivity contribution is -0.379. The van der Waals surface area contributed by atoms with Gasteiger partial charge in [-0.3, -0.25) is 4.79 Å². The highest BCUT2D eigenvalue weighted by atomic mass is 16.8. The van der Waals surface area contributed by atoms with Crippen LogP contribution in [0.5, 0.6) is 0 Å². The van der Waals surface area contributed by atoms with Crippen molar-refractivity contribution in [2.45, 2.75) is 362 Å². The Morgan fingerprint density at radius 2 is 0.783 bits per heavy atom. The molecule has 12 N–H and O–H groups in total. The fraction of sp³-hybridized carbons (Fsp3) is 0.953. The number of amides is 1. The summed E-state index contributed by atoms with van der Waals surface area (Å²) in [5.41, 5.74) is 0. The summed E-state index contributed by atoms with van der Waals surface area (Å²) in [7, 11) is 0. The average molecular weight is 1190 g/mol. The Bertz CT molecular complexity index is 1560. The summed E-state index contributed by atoms with van der Waals surface area (Å²) >= 11 is 0. The third kappa shape index (κ3) is 30.5. The summed E-state index contributed by atoms with van der Waals surface area (Å²) in [4.78, 5) is 13.3. The number of unbranched alkanes of at least 4 members (excludes halogenated alkanes) is 33. The fourth-order valence-electron chi connectivity index (χ4n) is 11.6. The molecule has 0 aliphatic carbocycles. The number of allylic oxidation sites excluding steroid dienone is 2. The molecule has 3 rings (SSSR count). The number of carbonyl (C=O) groups is 1. The van der Waals surface area contributed by atoms with Crippen LogP contribution in [0.2, 0.25) is 0 Å². The van der Waals surface area contributed by atoms with Crippen molar-refractivity contribution >= 4 is 5.91 Å². The molecule has 0 spiro atoms. The molecule has 3 fully saturated rings. The van der Waals surface area contributed by atoms with Crippen LogP contribution in [0.15, 0.2) is 12.2 Å². The van der Waals surface area contributed by atoms with Crippen molar-refractivity contribution in [3.05, 3.63) is 12.2 Å². The van der Waals surface area contributed by atoms with Crippen LogP contribution in [0.3, 0.4) is 0 Å². The second kappa shape index (κ2) is 47.5. The van der Waals surface area contributed by atoms with E-state index in [1.54, 1.807) is 0 Å². The van der Waals surface area contributed by atoms with Crippen molar-refractivity contribution in [2.75, 3.05) is 26.4 Å². The first-order chi connectivity index (χ1) is 40.3. The minimum absolute atomic E-state index is 0.252. The van der Waals surface area contributed by atoms with Crippen molar-refractivity contribution in [3.63, 3.8) is 0 Å². The Morgan fingerprint density at radius 1 is 0.422 bits per heavy atom. The third-order valence-electron chi connectivity index (χ3n) is 17.1. The Morgan fingerprint density at radius 3 is 1.22 bits per heavy atom. The summed E-state index contributed by atoms with van der Waals surface area (Å²) < 4.78 is 34.3. The SMILES string of the molecule is CCC/C=C\CCCCCCCC(=O)NC(COC1OC(CO)C(OC2OC(CO)C(OC3OC(CO)C(O)C(O)C3O)C(O)C2O)C(O)C1O)C(O)CCCCCCCCCCCCCCCCCCCCCCCCCCCCCC. The standard InChI is InChI=1S/C64H121NO18/c1-3-5-7-9-11-13-15-16-17-18-19-20-21-22-23-24-25-26-27-28-29-30-31-32-33-35-37-39-41-48(69)47(65-52(70)42-40-38-36-34-14-12-10-8-6-4-2)46-78-62-58(76)55(73)60(50(44-67)80-62)83-64-59(77)56(74)61(51(45-68)81-64)82-63-57(75)54(72)53(71)49(43-66)79-63/h8,10,47-51,53-64,66-69,71-77H,3-7,9,11-46H2,1-2H3,(H,65,70)/b10-8-. The molecule has 0 aromatic heterocycles. The Labute approximate surface area is 499 Å². The van der Waals surface area contributed by atoms with Crippen molar-refractivity contribution in [1.29, 1.82) is 0 Å². The summed E-state index contributed by atoms with van der Waals surface area (Å²) in [6.45, 7) is 1.74. The molecule has 19 nitrogen and oxygen atoms in total. The number of carbonyl (C=O) groups excluding carboxylic acids is 1. The molecule has 0 aromatic carbocycles. The van der Waals surface area contributed by atoms with Crippen LogP contribution in [0.25, 0.3) is 0 Å². The largest absolute Gasteiger partial charge is 0.394 e. The molecule has 3 aliphatic heterocycles. The quantitative estimate of drug-likeness (QED) is 0.0205. The molecular formula is C64H121NO18. The van der Waals surface area contributed by atoms with Gasteiger partial charge in [0.2, 0.25) is 5.91 Å². The fourth-order valence-corrected chi connectivity index (χ4v) is 11.6. The number of hydrogen-bond acceptors (Lipinski definition) is 18. The van der Waals surface area contributed by atoms with E-state index in [0.29, 0.717) is 12.8 Å². The minimum atomic E-state index is -1.97. The molecule has 19 heteroatoms. The summed E-state index contributed by atoms with van der Waals surface area (Å²) in [6, 6.07) is -0.887. The lowest BCUT2D eigenvalue weighted by Crippen LogP contribution is -2.66. The van der Waals surface area contributed by atoms with Gasteiger partial charge in [0, 0.05) is 6.42 Å². The van der Waals surface area contributed by atoms with E-state index >= 15 is 0 Å². The van der Waals surface area contributed by atoms with Crippen molar-refractivity contribution in [2.24, 2.45) is 0 Å². The van der Waals surface area contributed by atoms with Crippen molar-refractivity contribution < 1.29 is 89.4 Å². The topological polar surface area (TPSA) is 307 Å². The maximum Gasteiger partial charge on any atom is 0.220 e. The normalized spacial score (nSPS) is 29.4. The molecule has 3 saturated heterocycles. The van der Waals surface area contributed by atoms with Crippen LogP contribution in [0.1, 0.15) is 258 Å². The van der Waals surface area contributed by atoms with Gasteiger partial charge in [0.15, 0.2) is 18.9 Å². The van der Waals surface area contributed by atoms with Gasteiger partial charge in [-0.2, -0.15) is 0 Å². The van der Waals surface area contributed by atoms with E-state index in [4.69, 9.17) is 28.4 Å². The number of rotatable bonds is 51. The lowest BCUT2D eigenvalue weighted by atomic mass is 9.96. The van der Waals surface area contributed by atoms with E-state index in [1.807, 2.05) is 0 Å². The molecule has 3 heterocycles. The summed E-state index contributed by atoms with van der Waals surface area (Å²) in [5, 5.41) is 120. The molecular weight excluding hydrogens is 1070 g/mol. The second-order valence-electron chi connectivity index (χ2n) is 24.3. The Balaban J connectivity index is 1.38. The van der Waals surface area contributed by atoms with Gasteiger partial charge in [0.25, 0.3) is 0 Å². The number of aliphatic hydroxyl groups is 11. The van der Waals surface area contributed by atoms with Crippen LogP contribution in [-0.2, 0) is 33.2 Å². The van der Waals surface area contributed by atoms with Gasteiger partial charge in [-0.1, -0.05) is 231 Å². The molecule has 0 aromatic rings. The van der Waals surface area contributed by atoms with Crippen LogP contribution >= 0.6 is 0 Å². The third-order valence-corrected chi connectivity index (χ3v) is 17.1. The van der Waals surface area contributed by atoms with Gasteiger partial charge >= 0.3 is 0 Å². The van der Waals surface area contributed by atoms with E-state index in [2.05, 4.69) is 31.3 Å². The van der Waals surface area contributed by atoms with Gasteiger partial charge in [-0.05, 0) is 32.1 Å². The highest BCUT2D eigenvalue weighted by Gasteiger charge is 2.53. The van der Waals surface area contributed by atoms with Gasteiger partial charge in [-0.15, -0.1) is 0 Å². The molecule has 0 saturated carbocycles. The van der Waals surface area contributed by atoms with Gasteiger partial charge in [0.1, 0.15) is 73.2 Å².